The maximum Gasteiger partial charge on any atom is 0.0627 e. The first-order valence-electron chi connectivity index (χ1n) is 7.15. The minimum absolute atomic E-state index is 0.411. The predicted molar refractivity (Wildman–Crippen MR) is 70.2 cm³/mol. The molecule has 4 heteroatoms. The topological polar surface area (TPSA) is 39.1 Å². The van der Waals surface area contributed by atoms with E-state index in [1.165, 1.54) is 31.2 Å². The molecule has 0 aliphatic carbocycles. The van der Waals surface area contributed by atoms with Crippen molar-refractivity contribution in [1.82, 2.24) is 15.1 Å². The molecule has 2 aliphatic rings. The zero-order chi connectivity index (χ0) is 12.5. The molecular formula is C14H23N3O. The molecule has 2 bridgehead atoms. The van der Waals surface area contributed by atoms with Gasteiger partial charge >= 0.3 is 0 Å². The average Bonchev–Trinajstić information content (AvgIpc) is 3.06. The summed E-state index contributed by atoms with van der Waals surface area (Å²) >= 11 is 0. The van der Waals surface area contributed by atoms with Crippen molar-refractivity contribution in [1.29, 1.82) is 0 Å². The highest BCUT2D eigenvalue weighted by molar-refractivity contribution is 5.14. The van der Waals surface area contributed by atoms with Crippen molar-refractivity contribution in [3.05, 3.63) is 18.0 Å². The monoisotopic (exact) mass is 249 g/mol. The lowest BCUT2D eigenvalue weighted by molar-refractivity contribution is 0.0857. The lowest BCUT2D eigenvalue weighted by Crippen LogP contribution is -2.34. The Morgan fingerprint density at radius 3 is 3.00 bits per heavy atom. The van der Waals surface area contributed by atoms with E-state index in [2.05, 4.69) is 23.5 Å². The summed E-state index contributed by atoms with van der Waals surface area (Å²) in [6.45, 7) is 3.28. The van der Waals surface area contributed by atoms with Crippen LogP contribution in [0, 0.1) is 5.92 Å². The molecule has 3 heterocycles. The summed E-state index contributed by atoms with van der Waals surface area (Å²) in [6.07, 6.45) is 9.99. The fourth-order valence-electron chi connectivity index (χ4n) is 3.44. The van der Waals surface area contributed by atoms with Gasteiger partial charge in [-0.1, -0.05) is 6.92 Å². The number of nitrogens with zero attached hydrogens (tertiary/aromatic N) is 2. The van der Waals surface area contributed by atoms with Gasteiger partial charge in [0.05, 0.1) is 18.4 Å². The zero-order valence-corrected chi connectivity index (χ0v) is 11.3. The van der Waals surface area contributed by atoms with E-state index < -0.39 is 0 Å². The minimum atomic E-state index is 0.411. The number of rotatable bonds is 5. The summed E-state index contributed by atoms with van der Waals surface area (Å²) in [6, 6.07) is 0.411. The van der Waals surface area contributed by atoms with Gasteiger partial charge in [0.2, 0.25) is 0 Å². The largest absolute Gasteiger partial charge is 0.375 e. The molecule has 1 aromatic heterocycles. The molecule has 18 heavy (non-hydrogen) atoms. The van der Waals surface area contributed by atoms with Crippen LogP contribution in [0.3, 0.4) is 0 Å². The molecule has 100 valence electrons. The van der Waals surface area contributed by atoms with Crippen LogP contribution >= 0.6 is 0 Å². The Morgan fingerprint density at radius 2 is 2.44 bits per heavy atom. The third kappa shape index (κ3) is 2.19. The van der Waals surface area contributed by atoms with Crippen molar-refractivity contribution < 1.29 is 4.74 Å². The summed E-state index contributed by atoms with van der Waals surface area (Å²) in [4.78, 5) is 0. The SMILES string of the molecule is CCCNC(c1cnn(C)c1)C1CC2CCC1O2. The molecule has 3 rings (SSSR count). The molecular weight excluding hydrogens is 226 g/mol. The molecule has 4 unspecified atom stereocenters. The third-order valence-electron chi connectivity index (χ3n) is 4.28. The van der Waals surface area contributed by atoms with Gasteiger partial charge in [0.25, 0.3) is 0 Å². The van der Waals surface area contributed by atoms with Gasteiger partial charge in [0, 0.05) is 30.8 Å². The van der Waals surface area contributed by atoms with Crippen LogP contribution in [0.1, 0.15) is 44.2 Å². The van der Waals surface area contributed by atoms with E-state index in [1.54, 1.807) is 0 Å². The van der Waals surface area contributed by atoms with Crippen molar-refractivity contribution >= 4 is 0 Å². The van der Waals surface area contributed by atoms with Gasteiger partial charge in [-0.05, 0) is 32.2 Å². The molecule has 0 spiro atoms. The van der Waals surface area contributed by atoms with Crippen molar-refractivity contribution in [2.75, 3.05) is 6.54 Å². The molecule has 0 amide bonds. The highest BCUT2D eigenvalue weighted by atomic mass is 16.5. The first-order chi connectivity index (χ1) is 8.78. The Bertz CT molecular complexity index is 403. The van der Waals surface area contributed by atoms with Gasteiger partial charge < -0.3 is 10.1 Å². The van der Waals surface area contributed by atoms with Crippen LogP contribution in [0.2, 0.25) is 0 Å². The van der Waals surface area contributed by atoms with E-state index in [1.807, 2.05) is 17.9 Å². The molecule has 1 aromatic rings. The number of nitrogens with one attached hydrogen (secondary N) is 1. The Balaban J connectivity index is 1.77. The number of hydrogen-bond acceptors (Lipinski definition) is 3. The van der Waals surface area contributed by atoms with Gasteiger partial charge in [-0.2, -0.15) is 5.10 Å². The Kier molecular flexibility index (Phi) is 3.39. The molecule has 0 aromatic carbocycles. The van der Waals surface area contributed by atoms with Gasteiger partial charge in [0.1, 0.15) is 0 Å². The molecule has 2 fully saturated rings. The second-order valence-electron chi connectivity index (χ2n) is 5.65. The highest BCUT2D eigenvalue weighted by Crippen LogP contribution is 2.44. The Morgan fingerprint density at radius 1 is 1.56 bits per heavy atom. The van der Waals surface area contributed by atoms with Crippen LogP contribution in [-0.4, -0.2) is 28.5 Å². The van der Waals surface area contributed by atoms with E-state index in [4.69, 9.17) is 4.74 Å². The summed E-state index contributed by atoms with van der Waals surface area (Å²) in [7, 11) is 1.98. The van der Waals surface area contributed by atoms with Crippen molar-refractivity contribution in [3.63, 3.8) is 0 Å². The summed E-state index contributed by atoms with van der Waals surface area (Å²) in [5, 5.41) is 8.01. The fourth-order valence-corrected chi connectivity index (χ4v) is 3.44. The van der Waals surface area contributed by atoms with E-state index in [0.717, 1.165) is 6.54 Å². The smallest absolute Gasteiger partial charge is 0.0627 e. The van der Waals surface area contributed by atoms with Crippen LogP contribution in [0.5, 0.6) is 0 Å². The molecule has 2 saturated heterocycles. The lowest BCUT2D eigenvalue weighted by Gasteiger charge is -2.28. The molecule has 0 saturated carbocycles. The highest BCUT2D eigenvalue weighted by Gasteiger charge is 2.44. The van der Waals surface area contributed by atoms with Gasteiger partial charge in [-0.25, -0.2) is 0 Å². The summed E-state index contributed by atoms with van der Waals surface area (Å²) < 4.78 is 7.90. The van der Waals surface area contributed by atoms with Gasteiger partial charge in [-0.15, -0.1) is 0 Å². The van der Waals surface area contributed by atoms with Crippen LogP contribution in [0.25, 0.3) is 0 Å². The van der Waals surface area contributed by atoms with Crippen LogP contribution in [-0.2, 0) is 11.8 Å². The maximum atomic E-state index is 6.01. The second-order valence-corrected chi connectivity index (χ2v) is 5.65. The lowest BCUT2D eigenvalue weighted by atomic mass is 9.81. The summed E-state index contributed by atoms with van der Waals surface area (Å²) in [5.74, 6) is 0.625. The van der Waals surface area contributed by atoms with E-state index in [0.29, 0.717) is 24.2 Å². The maximum absolute atomic E-state index is 6.01. The number of aromatic nitrogens is 2. The number of hydrogen-bond donors (Lipinski definition) is 1. The quantitative estimate of drug-likeness (QED) is 0.868. The fraction of sp³-hybridized carbons (Fsp3) is 0.786. The first kappa shape index (κ1) is 12.2. The molecule has 2 aliphatic heterocycles. The number of fused-ring (bicyclic) bond motifs is 2. The summed E-state index contributed by atoms with van der Waals surface area (Å²) in [5.41, 5.74) is 1.31. The third-order valence-corrected chi connectivity index (χ3v) is 4.28. The standard InChI is InChI=1S/C14H23N3O/c1-3-6-15-14(10-8-16-17(2)9-10)12-7-11-4-5-13(12)18-11/h8-9,11-15H,3-7H2,1-2H3. The Hall–Kier alpha value is -0.870. The predicted octanol–water partition coefficient (Wildman–Crippen LogP) is 2.03. The van der Waals surface area contributed by atoms with Crippen molar-refractivity contribution in [2.45, 2.75) is 50.9 Å². The zero-order valence-electron chi connectivity index (χ0n) is 11.3. The van der Waals surface area contributed by atoms with Gasteiger partial charge in [-0.3, -0.25) is 4.68 Å². The molecule has 4 atom stereocenters. The number of ether oxygens (including phenoxy) is 1. The van der Waals surface area contributed by atoms with E-state index in [9.17, 15) is 0 Å². The van der Waals surface area contributed by atoms with E-state index in [-0.39, 0.29) is 0 Å². The average molecular weight is 249 g/mol. The van der Waals surface area contributed by atoms with Crippen LogP contribution < -0.4 is 5.32 Å². The normalized spacial score (nSPS) is 32.0. The minimum Gasteiger partial charge on any atom is -0.375 e. The Labute approximate surface area is 109 Å². The van der Waals surface area contributed by atoms with Gasteiger partial charge in [0.15, 0.2) is 0 Å². The van der Waals surface area contributed by atoms with Crippen LogP contribution in [0.15, 0.2) is 12.4 Å². The van der Waals surface area contributed by atoms with E-state index >= 15 is 0 Å². The molecule has 0 radical (unpaired) electrons. The molecule has 1 N–H and O–H groups in total. The van der Waals surface area contributed by atoms with Crippen molar-refractivity contribution in [2.24, 2.45) is 13.0 Å². The first-order valence-corrected chi connectivity index (χ1v) is 7.15. The van der Waals surface area contributed by atoms with Crippen LogP contribution in [0.4, 0.5) is 0 Å². The number of aryl methyl sites for hydroxylation is 1. The second kappa shape index (κ2) is 5.02. The van der Waals surface area contributed by atoms with Crippen molar-refractivity contribution in [3.8, 4) is 0 Å². The molecule has 4 nitrogen and oxygen atoms in total.